The van der Waals surface area contributed by atoms with Crippen molar-refractivity contribution in [3.05, 3.63) is 0 Å². The van der Waals surface area contributed by atoms with Gasteiger partial charge in [-0.1, -0.05) is 19.8 Å². The van der Waals surface area contributed by atoms with Crippen LogP contribution < -0.4 is 0 Å². The summed E-state index contributed by atoms with van der Waals surface area (Å²) in [6, 6.07) is 0.436. The minimum absolute atomic E-state index is 0.340. The summed E-state index contributed by atoms with van der Waals surface area (Å²) < 4.78 is 0. The second kappa shape index (κ2) is 3.58. The van der Waals surface area contributed by atoms with Crippen molar-refractivity contribution in [3.63, 3.8) is 0 Å². The van der Waals surface area contributed by atoms with Gasteiger partial charge in [0.05, 0.1) is 6.61 Å². The monoisotopic (exact) mass is 183 g/mol. The Balaban J connectivity index is 1.82. The van der Waals surface area contributed by atoms with Crippen molar-refractivity contribution in [3.8, 4) is 0 Å². The summed E-state index contributed by atoms with van der Waals surface area (Å²) in [4.78, 5) is 2.46. The molecule has 0 aromatic carbocycles. The van der Waals surface area contributed by atoms with Crippen LogP contribution in [0.1, 0.15) is 39.0 Å². The Morgan fingerprint density at radius 1 is 1.31 bits per heavy atom. The minimum Gasteiger partial charge on any atom is -0.395 e. The zero-order valence-electron chi connectivity index (χ0n) is 8.63. The first-order chi connectivity index (χ1) is 6.29. The topological polar surface area (TPSA) is 23.5 Å². The highest BCUT2D eigenvalue weighted by molar-refractivity contribution is 4.99. The second-order valence-electron chi connectivity index (χ2n) is 4.86. The summed E-state index contributed by atoms with van der Waals surface area (Å²) in [6.07, 6.45) is 6.83. The summed E-state index contributed by atoms with van der Waals surface area (Å²) in [5, 5.41) is 9.15. The molecule has 0 aromatic heterocycles. The van der Waals surface area contributed by atoms with Crippen LogP contribution in [0.15, 0.2) is 0 Å². The SMILES string of the molecule is CCC(CO)N1CC2(CCCC2)C1. The molecular formula is C11H21NO. The molecule has 1 saturated heterocycles. The summed E-state index contributed by atoms with van der Waals surface area (Å²) in [6.45, 7) is 5.02. The first-order valence-corrected chi connectivity index (χ1v) is 5.64. The van der Waals surface area contributed by atoms with Crippen molar-refractivity contribution in [1.82, 2.24) is 4.90 Å². The fourth-order valence-corrected chi connectivity index (χ4v) is 3.02. The Morgan fingerprint density at radius 3 is 2.38 bits per heavy atom. The van der Waals surface area contributed by atoms with Crippen LogP contribution >= 0.6 is 0 Å². The van der Waals surface area contributed by atoms with E-state index in [-0.39, 0.29) is 0 Å². The molecule has 2 aliphatic rings. The molecule has 0 radical (unpaired) electrons. The van der Waals surface area contributed by atoms with E-state index in [1.54, 1.807) is 0 Å². The third-order valence-corrected chi connectivity index (χ3v) is 3.94. The molecule has 2 heteroatoms. The summed E-state index contributed by atoms with van der Waals surface area (Å²) in [7, 11) is 0. The van der Waals surface area contributed by atoms with E-state index in [0.29, 0.717) is 18.1 Å². The molecule has 1 aliphatic heterocycles. The average Bonchev–Trinajstić information content (AvgIpc) is 2.54. The highest BCUT2D eigenvalue weighted by Crippen LogP contribution is 2.46. The fraction of sp³-hybridized carbons (Fsp3) is 1.00. The number of rotatable bonds is 3. The van der Waals surface area contributed by atoms with E-state index in [4.69, 9.17) is 5.11 Å². The fourth-order valence-electron chi connectivity index (χ4n) is 3.02. The van der Waals surface area contributed by atoms with Gasteiger partial charge in [-0.3, -0.25) is 4.90 Å². The van der Waals surface area contributed by atoms with Gasteiger partial charge in [0.1, 0.15) is 0 Å². The van der Waals surface area contributed by atoms with Crippen molar-refractivity contribution >= 4 is 0 Å². The van der Waals surface area contributed by atoms with Gasteiger partial charge in [-0.25, -0.2) is 0 Å². The highest BCUT2D eigenvalue weighted by Gasteiger charge is 2.46. The van der Waals surface area contributed by atoms with E-state index in [9.17, 15) is 0 Å². The molecule has 76 valence electrons. The molecule has 1 spiro atoms. The van der Waals surface area contributed by atoms with Crippen molar-refractivity contribution in [2.45, 2.75) is 45.1 Å². The van der Waals surface area contributed by atoms with Gasteiger partial charge in [-0.15, -0.1) is 0 Å². The molecular weight excluding hydrogens is 162 g/mol. The average molecular weight is 183 g/mol. The zero-order chi connectivity index (χ0) is 9.31. The summed E-state index contributed by atoms with van der Waals surface area (Å²) in [5.74, 6) is 0. The van der Waals surface area contributed by atoms with Crippen LogP contribution in [-0.2, 0) is 0 Å². The third-order valence-electron chi connectivity index (χ3n) is 3.94. The Kier molecular flexibility index (Phi) is 2.61. The Bertz CT molecular complexity index is 163. The molecule has 1 heterocycles. The number of hydrogen-bond donors (Lipinski definition) is 1. The summed E-state index contributed by atoms with van der Waals surface area (Å²) >= 11 is 0. The van der Waals surface area contributed by atoms with Crippen LogP contribution in [0, 0.1) is 5.41 Å². The first kappa shape index (κ1) is 9.47. The first-order valence-electron chi connectivity index (χ1n) is 5.64. The maximum atomic E-state index is 9.15. The molecule has 2 nitrogen and oxygen atoms in total. The molecule has 13 heavy (non-hydrogen) atoms. The van der Waals surface area contributed by atoms with E-state index >= 15 is 0 Å². The molecule has 0 amide bonds. The Labute approximate surface area is 80.9 Å². The van der Waals surface area contributed by atoms with Crippen LogP contribution in [-0.4, -0.2) is 35.7 Å². The molecule has 1 saturated carbocycles. The van der Waals surface area contributed by atoms with Crippen molar-refractivity contribution in [1.29, 1.82) is 0 Å². The van der Waals surface area contributed by atoms with E-state index in [1.165, 1.54) is 38.8 Å². The molecule has 0 aromatic rings. The minimum atomic E-state index is 0.340. The van der Waals surface area contributed by atoms with Gasteiger partial charge in [0.2, 0.25) is 0 Å². The summed E-state index contributed by atoms with van der Waals surface area (Å²) in [5.41, 5.74) is 0.683. The van der Waals surface area contributed by atoms with E-state index in [1.807, 2.05) is 0 Å². The second-order valence-corrected chi connectivity index (χ2v) is 4.86. The van der Waals surface area contributed by atoms with Gasteiger partial charge < -0.3 is 5.11 Å². The maximum absolute atomic E-state index is 9.15. The molecule has 2 fully saturated rings. The lowest BCUT2D eigenvalue weighted by Crippen LogP contribution is -2.59. The maximum Gasteiger partial charge on any atom is 0.0586 e. The van der Waals surface area contributed by atoms with Crippen LogP contribution in [0.25, 0.3) is 0 Å². The van der Waals surface area contributed by atoms with Crippen LogP contribution in [0.5, 0.6) is 0 Å². The Hall–Kier alpha value is -0.0800. The van der Waals surface area contributed by atoms with E-state index in [2.05, 4.69) is 11.8 Å². The lowest BCUT2D eigenvalue weighted by Gasteiger charge is -2.51. The molecule has 2 rings (SSSR count). The number of aliphatic hydroxyl groups is 1. The van der Waals surface area contributed by atoms with Crippen LogP contribution in [0.4, 0.5) is 0 Å². The molecule has 0 bridgehead atoms. The molecule has 1 atom stereocenters. The Morgan fingerprint density at radius 2 is 1.92 bits per heavy atom. The smallest absolute Gasteiger partial charge is 0.0586 e. The van der Waals surface area contributed by atoms with Crippen molar-refractivity contribution in [2.24, 2.45) is 5.41 Å². The van der Waals surface area contributed by atoms with Gasteiger partial charge in [0, 0.05) is 19.1 Å². The quantitative estimate of drug-likeness (QED) is 0.719. The van der Waals surface area contributed by atoms with Gasteiger partial charge in [0.15, 0.2) is 0 Å². The van der Waals surface area contributed by atoms with Crippen LogP contribution in [0.3, 0.4) is 0 Å². The van der Waals surface area contributed by atoms with Crippen LogP contribution in [0.2, 0.25) is 0 Å². The molecule has 1 N–H and O–H groups in total. The zero-order valence-corrected chi connectivity index (χ0v) is 8.63. The van der Waals surface area contributed by atoms with Gasteiger partial charge in [0.25, 0.3) is 0 Å². The largest absolute Gasteiger partial charge is 0.395 e. The number of likely N-dealkylation sites (tertiary alicyclic amines) is 1. The van der Waals surface area contributed by atoms with Gasteiger partial charge in [-0.2, -0.15) is 0 Å². The third kappa shape index (κ3) is 1.62. The predicted molar refractivity (Wildman–Crippen MR) is 53.6 cm³/mol. The van der Waals surface area contributed by atoms with E-state index < -0.39 is 0 Å². The number of nitrogens with zero attached hydrogens (tertiary/aromatic N) is 1. The molecule has 1 unspecified atom stereocenters. The predicted octanol–water partition coefficient (Wildman–Crippen LogP) is 1.63. The number of hydrogen-bond acceptors (Lipinski definition) is 2. The van der Waals surface area contributed by atoms with Crippen molar-refractivity contribution in [2.75, 3.05) is 19.7 Å². The lowest BCUT2D eigenvalue weighted by atomic mass is 9.77. The lowest BCUT2D eigenvalue weighted by molar-refractivity contribution is -0.0429. The van der Waals surface area contributed by atoms with Crippen molar-refractivity contribution < 1.29 is 5.11 Å². The molecule has 1 aliphatic carbocycles. The van der Waals surface area contributed by atoms with E-state index in [0.717, 1.165) is 6.42 Å². The normalized spacial score (nSPS) is 29.1. The van der Waals surface area contributed by atoms with Gasteiger partial charge in [-0.05, 0) is 24.7 Å². The van der Waals surface area contributed by atoms with Gasteiger partial charge >= 0.3 is 0 Å². The number of aliphatic hydroxyl groups excluding tert-OH is 1. The highest BCUT2D eigenvalue weighted by atomic mass is 16.3. The standard InChI is InChI=1S/C11H21NO/c1-2-10(7-13)12-8-11(9-12)5-3-4-6-11/h10,13H,2-9H2,1H3.